The third-order valence-corrected chi connectivity index (χ3v) is 5.51. The van der Waals surface area contributed by atoms with Crippen molar-refractivity contribution in [3.8, 4) is 0 Å². The minimum Gasteiger partial charge on any atom is -0.450 e. The Morgan fingerprint density at radius 2 is 1.03 bits per heavy atom. The second-order valence-electron chi connectivity index (χ2n) is 9.29. The fourth-order valence-electron chi connectivity index (χ4n) is 3.93. The fourth-order valence-corrected chi connectivity index (χ4v) is 3.93. The summed E-state index contributed by atoms with van der Waals surface area (Å²) < 4.78 is 22.6. The van der Waals surface area contributed by atoms with Gasteiger partial charge >= 0.3 is 6.09 Å². The van der Waals surface area contributed by atoms with Gasteiger partial charge in [-0.1, -0.05) is 51.4 Å². The van der Waals surface area contributed by atoms with E-state index in [4.69, 9.17) is 18.9 Å². The fraction of sp³-hybridized carbons (Fsp3) is 0.962. The summed E-state index contributed by atoms with van der Waals surface area (Å²) in [4.78, 5) is 14.0. The molecule has 0 bridgehead atoms. The van der Waals surface area contributed by atoms with Crippen LogP contribution in [0.15, 0.2) is 0 Å². The predicted octanol–water partition coefficient (Wildman–Crippen LogP) is 7.30. The summed E-state index contributed by atoms with van der Waals surface area (Å²) in [7, 11) is 0. The average molecular weight is 460 g/mol. The summed E-state index contributed by atoms with van der Waals surface area (Å²) in [6.45, 7) is 17.0. The van der Waals surface area contributed by atoms with E-state index < -0.39 is 5.97 Å². The quantitative estimate of drug-likeness (QED) is 0.141. The topological polar surface area (TPSA) is 57.2 Å². The average Bonchev–Trinajstić information content (AvgIpc) is 2.71. The van der Waals surface area contributed by atoms with E-state index in [1.54, 1.807) is 0 Å². The van der Waals surface area contributed by atoms with Gasteiger partial charge in [-0.2, -0.15) is 0 Å². The molecule has 32 heavy (non-hydrogen) atoms. The molecule has 0 aromatic heterocycles. The summed E-state index contributed by atoms with van der Waals surface area (Å²) in [5.74, 6) is -0.853. The molecule has 0 N–H and O–H groups in total. The number of ether oxygens (including phenoxy) is 4. The zero-order chi connectivity index (χ0) is 24.3. The smallest absolute Gasteiger partial charge is 0.410 e. The Labute approximate surface area is 198 Å². The van der Waals surface area contributed by atoms with Crippen LogP contribution in [-0.4, -0.2) is 55.5 Å². The van der Waals surface area contributed by atoms with Crippen molar-refractivity contribution < 1.29 is 23.7 Å². The van der Waals surface area contributed by atoms with Crippen LogP contribution in [0.4, 0.5) is 4.79 Å². The molecule has 0 fully saturated rings. The molecule has 0 heterocycles. The van der Waals surface area contributed by atoms with Gasteiger partial charge in [0.2, 0.25) is 0 Å². The van der Waals surface area contributed by atoms with Crippen LogP contribution in [0, 0.1) is 0 Å². The second kappa shape index (κ2) is 18.6. The molecule has 0 aromatic carbocycles. The van der Waals surface area contributed by atoms with Crippen LogP contribution < -0.4 is 0 Å². The molecular weight excluding hydrogens is 406 g/mol. The molecule has 1 amide bonds. The van der Waals surface area contributed by atoms with Gasteiger partial charge in [0.15, 0.2) is 0 Å². The summed E-state index contributed by atoms with van der Waals surface area (Å²) in [6, 6.07) is 0. The lowest BCUT2D eigenvalue weighted by Crippen LogP contribution is -2.46. The Balaban J connectivity index is 3.84. The molecule has 0 unspecified atom stereocenters. The molecule has 0 aromatic rings. The lowest BCUT2D eigenvalue weighted by atomic mass is 10.0. The van der Waals surface area contributed by atoms with Crippen LogP contribution in [0.25, 0.3) is 0 Å². The highest BCUT2D eigenvalue weighted by Crippen LogP contribution is 2.24. The van der Waals surface area contributed by atoms with Gasteiger partial charge in [-0.3, -0.25) is 0 Å². The van der Waals surface area contributed by atoms with Crippen LogP contribution in [0.1, 0.15) is 119 Å². The Morgan fingerprint density at radius 1 is 0.625 bits per heavy atom. The monoisotopic (exact) mass is 459 g/mol. The van der Waals surface area contributed by atoms with E-state index in [1.807, 2.05) is 32.6 Å². The van der Waals surface area contributed by atoms with E-state index in [-0.39, 0.29) is 11.6 Å². The zero-order valence-electron chi connectivity index (χ0n) is 22.3. The molecule has 192 valence electrons. The number of amides is 1. The Kier molecular flexibility index (Phi) is 18.1. The molecule has 0 radical (unpaired) electrons. The number of unbranched alkanes of at least 4 members (excludes halogenated alkanes) is 9. The van der Waals surface area contributed by atoms with Crippen molar-refractivity contribution in [2.24, 2.45) is 0 Å². The van der Waals surface area contributed by atoms with Gasteiger partial charge in [-0.05, 0) is 61.3 Å². The van der Waals surface area contributed by atoms with E-state index in [0.29, 0.717) is 26.4 Å². The number of hydrogen-bond acceptors (Lipinski definition) is 5. The van der Waals surface area contributed by atoms with Gasteiger partial charge in [-0.15, -0.1) is 0 Å². The molecule has 0 saturated heterocycles. The normalized spacial score (nSPS) is 12.2. The second-order valence-corrected chi connectivity index (χ2v) is 9.29. The number of carbonyl (C=O) groups excluding carboxylic acids is 1. The van der Waals surface area contributed by atoms with E-state index in [0.717, 1.165) is 25.8 Å². The summed E-state index contributed by atoms with van der Waals surface area (Å²) in [5.41, 5.74) is -0.195. The summed E-state index contributed by atoms with van der Waals surface area (Å²) in [5, 5.41) is 0. The highest BCUT2D eigenvalue weighted by atomic mass is 16.9. The van der Waals surface area contributed by atoms with Crippen molar-refractivity contribution in [1.29, 1.82) is 0 Å². The van der Waals surface area contributed by atoms with Crippen molar-refractivity contribution in [2.75, 3.05) is 33.0 Å². The first kappa shape index (κ1) is 31.1. The van der Waals surface area contributed by atoms with Gasteiger partial charge < -0.3 is 23.8 Å². The highest BCUT2D eigenvalue weighted by Gasteiger charge is 2.31. The minimum atomic E-state index is -0.853. The summed E-state index contributed by atoms with van der Waals surface area (Å²) >= 11 is 0. The summed E-state index contributed by atoms with van der Waals surface area (Å²) in [6.07, 6.45) is 12.7. The Hall–Kier alpha value is -0.850. The number of hydrogen-bond donors (Lipinski definition) is 0. The van der Waals surface area contributed by atoms with Crippen molar-refractivity contribution >= 4 is 6.09 Å². The molecule has 0 spiro atoms. The molecule has 0 atom stereocenters. The van der Waals surface area contributed by atoms with Gasteiger partial charge in [-0.25, -0.2) is 4.79 Å². The largest absolute Gasteiger partial charge is 0.450 e. The molecule has 6 heteroatoms. The molecule has 0 aliphatic carbocycles. The number of rotatable bonds is 20. The number of carbonyl (C=O) groups is 1. The highest BCUT2D eigenvalue weighted by molar-refractivity contribution is 5.68. The van der Waals surface area contributed by atoms with E-state index >= 15 is 0 Å². The van der Waals surface area contributed by atoms with Gasteiger partial charge in [0.25, 0.3) is 5.97 Å². The molecule has 0 aliphatic rings. The first-order valence-electron chi connectivity index (χ1n) is 13.1. The Bertz CT molecular complexity index is 433. The molecule has 6 nitrogen and oxygen atoms in total. The zero-order valence-corrected chi connectivity index (χ0v) is 22.3. The van der Waals surface area contributed by atoms with E-state index in [2.05, 4.69) is 20.8 Å². The molecule has 0 saturated carbocycles. The third-order valence-electron chi connectivity index (χ3n) is 5.51. The van der Waals surface area contributed by atoms with Gasteiger partial charge in [0.1, 0.15) is 0 Å². The Morgan fingerprint density at radius 3 is 1.41 bits per heavy atom. The predicted molar refractivity (Wildman–Crippen MR) is 132 cm³/mol. The van der Waals surface area contributed by atoms with Crippen LogP contribution >= 0.6 is 0 Å². The van der Waals surface area contributed by atoms with Gasteiger partial charge in [0, 0.05) is 38.3 Å². The maximum Gasteiger partial charge on any atom is 0.410 e. The van der Waals surface area contributed by atoms with Crippen LogP contribution in [-0.2, 0) is 18.9 Å². The molecule has 0 rings (SSSR count). The van der Waals surface area contributed by atoms with Crippen molar-refractivity contribution in [3.05, 3.63) is 0 Å². The molecule has 0 aliphatic heterocycles. The maximum absolute atomic E-state index is 12.1. The number of nitrogens with zero attached hydrogens (tertiary/aromatic N) is 1. The standard InChI is InChI=1S/C26H53NO5/c1-8-29-24(28)27(25(5,6)7)23-21-19-17-15-13-12-14-16-18-20-22-26(30-9-2,31-10-3)32-11-4/h8-23H2,1-7H3. The lowest BCUT2D eigenvalue weighted by molar-refractivity contribution is -0.380. The minimum absolute atomic E-state index is 0.194. The van der Waals surface area contributed by atoms with E-state index in [9.17, 15) is 4.79 Å². The maximum atomic E-state index is 12.1. The van der Waals surface area contributed by atoms with Crippen LogP contribution in [0.5, 0.6) is 0 Å². The third kappa shape index (κ3) is 14.3. The van der Waals surface area contributed by atoms with Crippen LogP contribution in [0.2, 0.25) is 0 Å². The first-order chi connectivity index (χ1) is 15.3. The van der Waals surface area contributed by atoms with Gasteiger partial charge in [0.05, 0.1) is 6.61 Å². The lowest BCUT2D eigenvalue weighted by Gasteiger charge is -2.34. The first-order valence-corrected chi connectivity index (χ1v) is 13.1. The van der Waals surface area contributed by atoms with Crippen molar-refractivity contribution in [3.63, 3.8) is 0 Å². The van der Waals surface area contributed by atoms with Crippen molar-refractivity contribution in [1.82, 2.24) is 4.90 Å². The molecular formula is C26H53NO5. The van der Waals surface area contributed by atoms with E-state index in [1.165, 1.54) is 51.4 Å². The van der Waals surface area contributed by atoms with Crippen LogP contribution in [0.3, 0.4) is 0 Å². The van der Waals surface area contributed by atoms with Crippen molar-refractivity contribution in [2.45, 2.75) is 131 Å². The SMILES string of the molecule is CCOC(=O)N(CCCCCCCCCCCCC(OCC)(OCC)OCC)C(C)(C)C.